The SMILES string of the molecule is CC(O)CN(C)C(=O)N[C@H]1CC[C@@H](C(=O)O)C1. The fourth-order valence-electron chi connectivity index (χ4n) is 2.10. The number of hydrogen-bond acceptors (Lipinski definition) is 3. The molecule has 1 rings (SSSR count). The van der Waals surface area contributed by atoms with Crippen LogP contribution in [-0.4, -0.2) is 52.9 Å². The number of carboxylic acid groups (broad SMARTS) is 1. The average molecular weight is 244 g/mol. The van der Waals surface area contributed by atoms with Crippen molar-refractivity contribution < 1.29 is 19.8 Å². The highest BCUT2D eigenvalue weighted by atomic mass is 16.4. The molecule has 0 spiro atoms. The van der Waals surface area contributed by atoms with Crippen molar-refractivity contribution in [3.8, 4) is 0 Å². The molecule has 1 saturated carbocycles. The van der Waals surface area contributed by atoms with Crippen molar-refractivity contribution in [1.29, 1.82) is 0 Å². The first-order chi connectivity index (χ1) is 7.90. The van der Waals surface area contributed by atoms with Gasteiger partial charge in [-0.15, -0.1) is 0 Å². The number of urea groups is 1. The van der Waals surface area contributed by atoms with E-state index in [9.17, 15) is 9.59 Å². The maximum Gasteiger partial charge on any atom is 0.317 e. The lowest BCUT2D eigenvalue weighted by atomic mass is 10.1. The first-order valence-electron chi connectivity index (χ1n) is 5.82. The Bertz CT molecular complexity index is 293. The van der Waals surface area contributed by atoms with Crippen LogP contribution in [0.25, 0.3) is 0 Å². The van der Waals surface area contributed by atoms with Crippen LogP contribution in [0.4, 0.5) is 4.79 Å². The Morgan fingerprint density at radius 1 is 1.47 bits per heavy atom. The van der Waals surface area contributed by atoms with E-state index < -0.39 is 12.1 Å². The minimum Gasteiger partial charge on any atom is -0.481 e. The number of carbonyl (C=O) groups excluding carboxylic acids is 1. The van der Waals surface area contributed by atoms with Gasteiger partial charge < -0.3 is 20.4 Å². The van der Waals surface area contributed by atoms with Crippen LogP contribution in [0.1, 0.15) is 26.2 Å². The molecule has 3 atom stereocenters. The van der Waals surface area contributed by atoms with Gasteiger partial charge in [0.25, 0.3) is 0 Å². The second-order valence-electron chi connectivity index (χ2n) is 4.72. The van der Waals surface area contributed by atoms with Crippen LogP contribution >= 0.6 is 0 Å². The number of nitrogens with zero attached hydrogens (tertiary/aromatic N) is 1. The highest BCUT2D eigenvalue weighted by molar-refractivity contribution is 5.75. The number of likely N-dealkylation sites (N-methyl/N-ethyl adjacent to an activating group) is 1. The molecule has 2 amide bonds. The molecule has 0 bridgehead atoms. The molecule has 6 heteroatoms. The van der Waals surface area contributed by atoms with Gasteiger partial charge in [-0.25, -0.2) is 4.79 Å². The van der Waals surface area contributed by atoms with E-state index >= 15 is 0 Å². The molecule has 0 radical (unpaired) electrons. The number of aliphatic carboxylic acids is 1. The third-order valence-electron chi connectivity index (χ3n) is 2.99. The molecule has 1 aliphatic carbocycles. The number of carbonyl (C=O) groups is 2. The van der Waals surface area contributed by atoms with E-state index in [0.29, 0.717) is 19.3 Å². The largest absolute Gasteiger partial charge is 0.481 e. The van der Waals surface area contributed by atoms with E-state index in [4.69, 9.17) is 10.2 Å². The van der Waals surface area contributed by atoms with Crippen molar-refractivity contribution in [2.75, 3.05) is 13.6 Å². The van der Waals surface area contributed by atoms with Crippen molar-refractivity contribution in [1.82, 2.24) is 10.2 Å². The maximum absolute atomic E-state index is 11.7. The molecule has 1 aliphatic rings. The van der Waals surface area contributed by atoms with Gasteiger partial charge in [0.05, 0.1) is 12.0 Å². The van der Waals surface area contributed by atoms with E-state index in [1.807, 2.05) is 0 Å². The Morgan fingerprint density at radius 3 is 2.59 bits per heavy atom. The molecular formula is C11H20N2O4. The summed E-state index contributed by atoms with van der Waals surface area (Å²) < 4.78 is 0. The second-order valence-corrected chi connectivity index (χ2v) is 4.72. The standard InChI is InChI=1S/C11H20N2O4/c1-7(14)6-13(2)11(17)12-9-4-3-8(5-9)10(15)16/h7-9,14H,3-6H2,1-2H3,(H,12,17)(H,15,16)/t7?,8-,9+/m1/s1. The number of nitrogens with one attached hydrogen (secondary N) is 1. The van der Waals surface area contributed by atoms with Crippen molar-refractivity contribution in [3.63, 3.8) is 0 Å². The smallest absolute Gasteiger partial charge is 0.317 e. The minimum absolute atomic E-state index is 0.0694. The molecule has 1 unspecified atom stereocenters. The minimum atomic E-state index is -0.793. The molecule has 0 aromatic rings. The Balaban J connectivity index is 2.35. The monoisotopic (exact) mass is 244 g/mol. The molecule has 3 N–H and O–H groups in total. The number of rotatable bonds is 4. The average Bonchev–Trinajstić information content (AvgIpc) is 2.65. The van der Waals surface area contributed by atoms with Gasteiger partial charge in [-0.3, -0.25) is 4.79 Å². The van der Waals surface area contributed by atoms with Crippen LogP contribution in [0.5, 0.6) is 0 Å². The number of aliphatic hydroxyl groups excluding tert-OH is 1. The Labute approximate surface area is 101 Å². The zero-order valence-corrected chi connectivity index (χ0v) is 10.2. The fraction of sp³-hybridized carbons (Fsp3) is 0.818. The third-order valence-corrected chi connectivity index (χ3v) is 2.99. The summed E-state index contributed by atoms with van der Waals surface area (Å²) in [6.45, 7) is 1.88. The summed E-state index contributed by atoms with van der Waals surface area (Å²) in [5, 5.41) is 20.8. The number of hydrogen-bond donors (Lipinski definition) is 3. The Morgan fingerprint density at radius 2 is 2.12 bits per heavy atom. The van der Waals surface area contributed by atoms with Gasteiger partial charge in [0.15, 0.2) is 0 Å². The molecular weight excluding hydrogens is 224 g/mol. The quantitative estimate of drug-likeness (QED) is 0.661. The van der Waals surface area contributed by atoms with Gasteiger partial charge in [-0.2, -0.15) is 0 Å². The third kappa shape index (κ3) is 4.22. The lowest BCUT2D eigenvalue weighted by molar-refractivity contribution is -0.141. The molecule has 0 aliphatic heterocycles. The molecule has 6 nitrogen and oxygen atoms in total. The van der Waals surface area contributed by atoms with Gasteiger partial charge in [-0.05, 0) is 26.2 Å². The van der Waals surface area contributed by atoms with Crippen molar-refractivity contribution in [2.45, 2.75) is 38.3 Å². The van der Waals surface area contributed by atoms with Crippen molar-refractivity contribution in [2.24, 2.45) is 5.92 Å². The predicted molar refractivity (Wildman–Crippen MR) is 61.6 cm³/mol. The first-order valence-corrected chi connectivity index (χ1v) is 5.82. The summed E-state index contributed by atoms with van der Waals surface area (Å²) in [4.78, 5) is 23.8. The molecule has 0 saturated heterocycles. The maximum atomic E-state index is 11.7. The molecule has 0 aromatic heterocycles. The van der Waals surface area contributed by atoms with Gasteiger partial charge in [-0.1, -0.05) is 0 Å². The van der Waals surface area contributed by atoms with E-state index in [1.54, 1.807) is 14.0 Å². The zero-order chi connectivity index (χ0) is 13.0. The van der Waals surface area contributed by atoms with Gasteiger partial charge in [0.2, 0.25) is 0 Å². The highest BCUT2D eigenvalue weighted by Crippen LogP contribution is 2.25. The lowest BCUT2D eigenvalue weighted by Gasteiger charge is -2.22. The van der Waals surface area contributed by atoms with E-state index in [2.05, 4.69) is 5.32 Å². The zero-order valence-electron chi connectivity index (χ0n) is 10.2. The topological polar surface area (TPSA) is 89.9 Å². The summed E-state index contributed by atoms with van der Waals surface area (Å²) in [5.74, 6) is -1.14. The summed E-state index contributed by atoms with van der Waals surface area (Å²) >= 11 is 0. The van der Waals surface area contributed by atoms with E-state index in [0.717, 1.165) is 0 Å². The fourth-order valence-corrected chi connectivity index (χ4v) is 2.10. The molecule has 0 heterocycles. The Kier molecular flexibility index (Phi) is 4.74. The van der Waals surface area contributed by atoms with Gasteiger partial charge in [0, 0.05) is 19.6 Å². The number of carboxylic acids is 1. The van der Waals surface area contributed by atoms with Crippen LogP contribution in [0.3, 0.4) is 0 Å². The summed E-state index contributed by atoms with van der Waals surface area (Å²) in [7, 11) is 1.60. The van der Waals surface area contributed by atoms with E-state index in [-0.39, 0.29) is 24.5 Å². The number of aliphatic hydroxyl groups is 1. The first kappa shape index (κ1) is 13.8. The lowest BCUT2D eigenvalue weighted by Crippen LogP contribution is -2.44. The predicted octanol–water partition coefficient (Wildman–Crippen LogP) is 0.262. The van der Waals surface area contributed by atoms with Crippen molar-refractivity contribution >= 4 is 12.0 Å². The molecule has 0 aromatic carbocycles. The Hall–Kier alpha value is -1.30. The van der Waals surface area contributed by atoms with Gasteiger partial charge >= 0.3 is 12.0 Å². The van der Waals surface area contributed by atoms with E-state index in [1.165, 1.54) is 4.90 Å². The van der Waals surface area contributed by atoms with Gasteiger partial charge in [0.1, 0.15) is 0 Å². The van der Waals surface area contributed by atoms with Crippen LogP contribution in [-0.2, 0) is 4.79 Å². The molecule has 1 fully saturated rings. The molecule has 17 heavy (non-hydrogen) atoms. The van der Waals surface area contributed by atoms with Crippen LogP contribution < -0.4 is 5.32 Å². The van der Waals surface area contributed by atoms with Crippen LogP contribution in [0, 0.1) is 5.92 Å². The second kappa shape index (κ2) is 5.86. The number of amides is 2. The molecule has 98 valence electrons. The summed E-state index contributed by atoms with van der Waals surface area (Å²) in [6.07, 6.45) is 1.23. The summed E-state index contributed by atoms with van der Waals surface area (Å²) in [6, 6.07) is -0.331. The van der Waals surface area contributed by atoms with Crippen LogP contribution in [0.15, 0.2) is 0 Å². The van der Waals surface area contributed by atoms with Crippen LogP contribution in [0.2, 0.25) is 0 Å². The van der Waals surface area contributed by atoms with Crippen molar-refractivity contribution in [3.05, 3.63) is 0 Å². The highest BCUT2D eigenvalue weighted by Gasteiger charge is 2.31. The summed E-state index contributed by atoms with van der Waals surface area (Å²) in [5.41, 5.74) is 0. The normalized spacial score (nSPS) is 25.4.